The summed E-state index contributed by atoms with van der Waals surface area (Å²) >= 11 is 0. The van der Waals surface area contributed by atoms with Crippen molar-refractivity contribution in [2.24, 2.45) is 17.8 Å². The fraction of sp³-hybridized carbons (Fsp3) is 0.700. The summed E-state index contributed by atoms with van der Waals surface area (Å²) in [4.78, 5) is 1.65. The van der Waals surface area contributed by atoms with Crippen LogP contribution in [0.15, 0.2) is 29.2 Å². The first-order valence-corrected chi connectivity index (χ1v) is 10.7. The fourth-order valence-corrected chi connectivity index (χ4v) is 8.66. The number of hydrogen-bond acceptors (Lipinski definition) is 0. The van der Waals surface area contributed by atoms with Crippen molar-refractivity contribution in [2.75, 3.05) is 11.5 Å². The van der Waals surface area contributed by atoms with Gasteiger partial charge in [0.15, 0.2) is 4.90 Å². The summed E-state index contributed by atoms with van der Waals surface area (Å²) in [6, 6.07) is 10.1. The van der Waals surface area contributed by atoms with Crippen molar-refractivity contribution in [1.82, 2.24) is 0 Å². The second kappa shape index (κ2) is 4.78. The van der Waals surface area contributed by atoms with Crippen molar-refractivity contribution in [3.63, 3.8) is 0 Å². The van der Waals surface area contributed by atoms with Gasteiger partial charge in [0.25, 0.3) is 0 Å². The largest absolute Gasteiger partial charge is 0.154 e. The standard InChI is InChI=1S/C20H27S/c1-2-8-21(7-1)19-5-3-18(4-6-19)20-12-15-9-16(13-20)11-17(10-15)14-20/h3-6,15-17H,1-2,7-14H2/q+1. The lowest BCUT2D eigenvalue weighted by atomic mass is 9.48. The van der Waals surface area contributed by atoms with Crippen LogP contribution in [0.2, 0.25) is 0 Å². The molecule has 0 aromatic heterocycles. The lowest BCUT2D eigenvalue weighted by Gasteiger charge is -2.57. The highest BCUT2D eigenvalue weighted by molar-refractivity contribution is 7.97. The molecule has 1 aromatic rings. The normalized spacial score (nSPS) is 41.8. The van der Waals surface area contributed by atoms with Crippen LogP contribution in [0.1, 0.15) is 56.9 Å². The van der Waals surface area contributed by atoms with Gasteiger partial charge in [0.1, 0.15) is 11.5 Å². The number of hydrogen-bond donors (Lipinski definition) is 0. The zero-order valence-electron chi connectivity index (χ0n) is 13.0. The van der Waals surface area contributed by atoms with E-state index in [0.717, 1.165) is 17.8 Å². The van der Waals surface area contributed by atoms with E-state index in [4.69, 9.17) is 0 Å². The van der Waals surface area contributed by atoms with Gasteiger partial charge in [-0.1, -0.05) is 12.1 Å². The Kier molecular flexibility index (Phi) is 2.97. The molecule has 1 aliphatic heterocycles. The Bertz CT molecular complexity index is 488. The van der Waals surface area contributed by atoms with E-state index in [1.54, 1.807) is 29.7 Å². The van der Waals surface area contributed by atoms with E-state index in [0.29, 0.717) is 16.3 Å². The Labute approximate surface area is 132 Å². The molecule has 0 radical (unpaired) electrons. The van der Waals surface area contributed by atoms with Crippen molar-refractivity contribution in [3.8, 4) is 0 Å². The maximum Gasteiger partial charge on any atom is 0.154 e. The molecule has 1 aromatic carbocycles. The molecule has 1 heterocycles. The summed E-state index contributed by atoms with van der Waals surface area (Å²) in [5.41, 5.74) is 2.29. The second-order valence-corrected chi connectivity index (χ2v) is 10.6. The first kappa shape index (κ1) is 13.0. The molecule has 0 amide bonds. The fourth-order valence-electron chi connectivity index (χ4n) is 6.36. The molecule has 5 aliphatic rings. The lowest BCUT2D eigenvalue weighted by Crippen LogP contribution is -2.48. The molecule has 5 fully saturated rings. The summed E-state index contributed by atoms with van der Waals surface area (Å²) in [7, 11) is 0.589. The summed E-state index contributed by atoms with van der Waals surface area (Å²) in [6.45, 7) is 0. The predicted molar refractivity (Wildman–Crippen MR) is 90.9 cm³/mol. The van der Waals surface area contributed by atoms with Crippen molar-refractivity contribution in [2.45, 2.75) is 61.7 Å². The molecule has 0 unspecified atom stereocenters. The highest BCUT2D eigenvalue weighted by Crippen LogP contribution is 2.60. The molecule has 1 heteroatoms. The van der Waals surface area contributed by atoms with Crippen LogP contribution >= 0.6 is 0 Å². The minimum atomic E-state index is 0.589. The molecule has 1 saturated heterocycles. The van der Waals surface area contributed by atoms with Crippen molar-refractivity contribution < 1.29 is 0 Å². The predicted octanol–water partition coefficient (Wildman–Crippen LogP) is 4.93. The average Bonchev–Trinajstić information content (AvgIpc) is 3.00. The molecule has 112 valence electrons. The van der Waals surface area contributed by atoms with Gasteiger partial charge in [-0.3, -0.25) is 0 Å². The van der Waals surface area contributed by atoms with E-state index in [2.05, 4.69) is 24.3 Å². The van der Waals surface area contributed by atoms with Crippen LogP contribution in [-0.4, -0.2) is 11.5 Å². The van der Waals surface area contributed by atoms with Crippen LogP contribution in [0.25, 0.3) is 0 Å². The topological polar surface area (TPSA) is 0 Å². The van der Waals surface area contributed by atoms with Crippen LogP contribution in [0.4, 0.5) is 0 Å². The van der Waals surface area contributed by atoms with Gasteiger partial charge in [0.2, 0.25) is 0 Å². The van der Waals surface area contributed by atoms with Gasteiger partial charge in [-0.15, -0.1) is 0 Å². The van der Waals surface area contributed by atoms with E-state index < -0.39 is 0 Å². The summed E-state index contributed by atoms with van der Waals surface area (Å²) < 4.78 is 0. The van der Waals surface area contributed by atoms with Gasteiger partial charge in [0.05, 0.1) is 0 Å². The molecule has 21 heavy (non-hydrogen) atoms. The van der Waals surface area contributed by atoms with Crippen LogP contribution in [0, 0.1) is 17.8 Å². The Hall–Kier alpha value is -0.430. The molecular formula is C20H27S+. The van der Waals surface area contributed by atoms with E-state index >= 15 is 0 Å². The third-order valence-electron chi connectivity index (χ3n) is 6.87. The molecule has 4 aliphatic carbocycles. The Morgan fingerprint density at radius 1 is 0.762 bits per heavy atom. The lowest BCUT2D eigenvalue weighted by molar-refractivity contribution is -0.00520. The Balaban J connectivity index is 1.44. The van der Waals surface area contributed by atoms with Crippen LogP contribution in [0.3, 0.4) is 0 Å². The Morgan fingerprint density at radius 3 is 1.81 bits per heavy atom. The van der Waals surface area contributed by atoms with E-state index in [1.165, 1.54) is 43.6 Å². The van der Waals surface area contributed by atoms with Gasteiger partial charge < -0.3 is 0 Å². The van der Waals surface area contributed by atoms with Crippen LogP contribution in [-0.2, 0) is 16.3 Å². The SMILES string of the molecule is c1cc(C23CC4CC(CC(C4)C2)C3)ccc1[S+]1CCCC1. The van der Waals surface area contributed by atoms with Gasteiger partial charge in [-0.2, -0.15) is 0 Å². The molecule has 6 rings (SSSR count). The molecular weight excluding hydrogens is 272 g/mol. The number of benzene rings is 1. The van der Waals surface area contributed by atoms with Crippen molar-refractivity contribution >= 4 is 10.9 Å². The minimum Gasteiger partial charge on any atom is -0.0535 e. The van der Waals surface area contributed by atoms with Crippen LogP contribution in [0.5, 0.6) is 0 Å². The first-order valence-electron chi connectivity index (χ1n) is 9.09. The highest BCUT2D eigenvalue weighted by Gasteiger charge is 2.51. The summed E-state index contributed by atoms with van der Waals surface area (Å²) in [6.07, 6.45) is 12.1. The van der Waals surface area contributed by atoms with Crippen molar-refractivity contribution in [3.05, 3.63) is 29.8 Å². The number of rotatable bonds is 2. The maximum atomic E-state index is 2.54. The summed E-state index contributed by atoms with van der Waals surface area (Å²) in [5, 5.41) is 0. The first-order chi connectivity index (χ1) is 10.3. The van der Waals surface area contributed by atoms with Gasteiger partial charge >= 0.3 is 0 Å². The van der Waals surface area contributed by atoms with Gasteiger partial charge in [-0.25, -0.2) is 0 Å². The minimum absolute atomic E-state index is 0.589. The second-order valence-electron chi connectivity index (χ2n) is 8.33. The Morgan fingerprint density at radius 2 is 1.29 bits per heavy atom. The smallest absolute Gasteiger partial charge is 0.0535 e. The highest BCUT2D eigenvalue weighted by atomic mass is 32.2. The van der Waals surface area contributed by atoms with Gasteiger partial charge in [0, 0.05) is 10.9 Å². The van der Waals surface area contributed by atoms with E-state index in [-0.39, 0.29) is 0 Å². The van der Waals surface area contributed by atoms with E-state index in [9.17, 15) is 0 Å². The molecule has 0 nitrogen and oxygen atoms in total. The molecule has 4 saturated carbocycles. The third-order valence-corrected chi connectivity index (χ3v) is 9.37. The van der Waals surface area contributed by atoms with E-state index in [1.807, 2.05) is 0 Å². The molecule has 0 spiro atoms. The third kappa shape index (κ3) is 2.11. The van der Waals surface area contributed by atoms with Crippen LogP contribution < -0.4 is 0 Å². The average molecular weight is 300 g/mol. The molecule has 0 N–H and O–H groups in total. The monoisotopic (exact) mass is 299 g/mol. The van der Waals surface area contributed by atoms with Gasteiger partial charge in [-0.05, 0) is 92.2 Å². The zero-order valence-corrected chi connectivity index (χ0v) is 13.8. The maximum absolute atomic E-state index is 2.54. The van der Waals surface area contributed by atoms with Crippen molar-refractivity contribution in [1.29, 1.82) is 0 Å². The molecule has 0 atom stereocenters. The zero-order chi connectivity index (χ0) is 13.9. The molecule has 4 bridgehead atoms. The summed E-state index contributed by atoms with van der Waals surface area (Å²) in [5.74, 6) is 6.10. The quantitative estimate of drug-likeness (QED) is 0.680.